The van der Waals surface area contributed by atoms with Crippen molar-refractivity contribution in [1.82, 2.24) is 4.90 Å². The van der Waals surface area contributed by atoms with Gasteiger partial charge in [0.2, 0.25) is 0 Å². The van der Waals surface area contributed by atoms with Crippen LogP contribution in [0.1, 0.15) is 71.1 Å². The van der Waals surface area contributed by atoms with Gasteiger partial charge in [-0.2, -0.15) is 0 Å². The van der Waals surface area contributed by atoms with E-state index < -0.39 is 5.97 Å². The second kappa shape index (κ2) is 6.05. The van der Waals surface area contributed by atoms with Gasteiger partial charge < -0.3 is 5.11 Å². The first-order chi connectivity index (χ1) is 9.66. The van der Waals surface area contributed by atoms with Gasteiger partial charge >= 0.3 is 5.97 Å². The quantitative estimate of drug-likeness (QED) is 0.853. The highest BCUT2D eigenvalue weighted by molar-refractivity contribution is 5.73. The number of carboxylic acid groups (broad SMARTS) is 1. The summed E-state index contributed by atoms with van der Waals surface area (Å²) in [6.45, 7) is 2.28. The predicted molar refractivity (Wildman–Crippen MR) is 79.7 cm³/mol. The fourth-order valence-corrected chi connectivity index (χ4v) is 4.89. The van der Waals surface area contributed by atoms with Crippen molar-refractivity contribution in [2.24, 2.45) is 11.8 Å². The van der Waals surface area contributed by atoms with Crippen LogP contribution in [-0.4, -0.2) is 34.1 Å². The van der Waals surface area contributed by atoms with Gasteiger partial charge in [0.15, 0.2) is 0 Å². The maximum Gasteiger partial charge on any atom is 0.320 e. The topological polar surface area (TPSA) is 40.5 Å². The average molecular weight is 279 g/mol. The second-order valence-corrected chi connectivity index (χ2v) is 7.37. The monoisotopic (exact) mass is 279 g/mol. The smallest absolute Gasteiger partial charge is 0.320 e. The van der Waals surface area contributed by atoms with Crippen LogP contribution >= 0.6 is 0 Å². The molecule has 3 nitrogen and oxygen atoms in total. The molecule has 20 heavy (non-hydrogen) atoms. The number of piperidine rings is 1. The highest BCUT2D eigenvalue weighted by Crippen LogP contribution is 2.41. The maximum atomic E-state index is 11.7. The van der Waals surface area contributed by atoms with Crippen LogP contribution in [0.4, 0.5) is 0 Å². The van der Waals surface area contributed by atoms with Gasteiger partial charge in [0.25, 0.3) is 0 Å². The zero-order valence-electron chi connectivity index (χ0n) is 12.8. The van der Waals surface area contributed by atoms with E-state index in [1.165, 1.54) is 51.4 Å². The van der Waals surface area contributed by atoms with E-state index in [-0.39, 0.29) is 6.04 Å². The zero-order chi connectivity index (χ0) is 14.1. The van der Waals surface area contributed by atoms with E-state index in [0.717, 1.165) is 24.7 Å². The molecule has 1 heterocycles. The molecule has 0 bridgehead atoms. The maximum absolute atomic E-state index is 11.7. The van der Waals surface area contributed by atoms with Gasteiger partial charge in [-0.3, -0.25) is 9.69 Å². The number of aliphatic carboxylic acids is 1. The highest BCUT2D eigenvalue weighted by atomic mass is 16.4. The summed E-state index contributed by atoms with van der Waals surface area (Å²) in [5.74, 6) is 1.04. The fourth-order valence-electron chi connectivity index (χ4n) is 4.89. The molecule has 1 aliphatic heterocycles. The van der Waals surface area contributed by atoms with Crippen LogP contribution < -0.4 is 0 Å². The molecule has 3 heteroatoms. The third-order valence-corrected chi connectivity index (χ3v) is 6.12. The Hall–Kier alpha value is -0.570. The Morgan fingerprint density at radius 3 is 2.50 bits per heavy atom. The lowest BCUT2D eigenvalue weighted by molar-refractivity contribution is -0.150. The van der Waals surface area contributed by atoms with Crippen LogP contribution in [0.2, 0.25) is 0 Å². The molecule has 1 N–H and O–H groups in total. The van der Waals surface area contributed by atoms with E-state index >= 15 is 0 Å². The van der Waals surface area contributed by atoms with Gasteiger partial charge in [-0.1, -0.05) is 32.1 Å². The lowest BCUT2D eigenvalue weighted by atomic mass is 9.74. The Bertz CT molecular complexity index is 353. The molecule has 0 radical (unpaired) electrons. The first kappa shape index (κ1) is 14.4. The standard InChI is InChI=1S/C17H29NO2/c1-12(11-13-5-4-6-13)18-15-8-3-2-7-14(15)9-10-16(18)17(19)20/h12-16H,2-11H2,1H3,(H,19,20). The molecule has 3 rings (SSSR count). The Labute approximate surface area is 122 Å². The molecule has 1 saturated heterocycles. The number of rotatable bonds is 4. The van der Waals surface area contributed by atoms with Crippen molar-refractivity contribution in [1.29, 1.82) is 0 Å². The number of carboxylic acids is 1. The van der Waals surface area contributed by atoms with Gasteiger partial charge in [0.1, 0.15) is 6.04 Å². The summed E-state index contributed by atoms with van der Waals surface area (Å²) in [6, 6.07) is 0.783. The number of likely N-dealkylation sites (tertiary alicyclic amines) is 1. The van der Waals surface area contributed by atoms with E-state index in [2.05, 4.69) is 11.8 Å². The third kappa shape index (κ3) is 2.74. The van der Waals surface area contributed by atoms with Crippen molar-refractivity contribution in [2.45, 2.75) is 89.3 Å². The first-order valence-electron chi connectivity index (χ1n) is 8.67. The first-order valence-corrected chi connectivity index (χ1v) is 8.67. The minimum absolute atomic E-state index is 0.218. The van der Waals surface area contributed by atoms with E-state index in [0.29, 0.717) is 12.1 Å². The largest absolute Gasteiger partial charge is 0.480 e. The van der Waals surface area contributed by atoms with Gasteiger partial charge in [0.05, 0.1) is 0 Å². The molecule has 3 fully saturated rings. The lowest BCUT2D eigenvalue weighted by Crippen LogP contribution is -2.58. The normalized spacial score (nSPS) is 37.0. The number of hydrogen-bond donors (Lipinski definition) is 1. The number of hydrogen-bond acceptors (Lipinski definition) is 2. The molecule has 2 saturated carbocycles. The summed E-state index contributed by atoms with van der Waals surface area (Å²) in [6.07, 6.45) is 12.5. The highest BCUT2D eigenvalue weighted by Gasteiger charge is 2.43. The van der Waals surface area contributed by atoms with E-state index in [9.17, 15) is 9.90 Å². The SMILES string of the molecule is CC(CC1CCC1)N1C(C(=O)O)CCC2CCCCC21. The summed E-state index contributed by atoms with van der Waals surface area (Å²) in [7, 11) is 0. The number of nitrogens with zero attached hydrogens (tertiary/aromatic N) is 1. The number of fused-ring (bicyclic) bond motifs is 1. The molecule has 0 aromatic heterocycles. The Kier molecular flexibility index (Phi) is 4.34. The summed E-state index contributed by atoms with van der Waals surface area (Å²) in [4.78, 5) is 14.1. The Morgan fingerprint density at radius 1 is 1.10 bits per heavy atom. The molecule has 114 valence electrons. The summed E-state index contributed by atoms with van der Waals surface area (Å²) in [5.41, 5.74) is 0. The summed E-state index contributed by atoms with van der Waals surface area (Å²) >= 11 is 0. The van der Waals surface area contributed by atoms with Crippen LogP contribution in [-0.2, 0) is 4.79 Å². The molecule has 0 spiro atoms. The zero-order valence-corrected chi connectivity index (χ0v) is 12.8. The summed E-state index contributed by atoms with van der Waals surface area (Å²) in [5, 5.41) is 9.61. The third-order valence-electron chi connectivity index (χ3n) is 6.12. The van der Waals surface area contributed by atoms with E-state index in [1.807, 2.05) is 0 Å². The van der Waals surface area contributed by atoms with Gasteiger partial charge in [-0.05, 0) is 50.9 Å². The van der Waals surface area contributed by atoms with Crippen LogP contribution in [0.3, 0.4) is 0 Å². The lowest BCUT2D eigenvalue weighted by Gasteiger charge is -2.50. The van der Waals surface area contributed by atoms with Crippen molar-refractivity contribution in [2.75, 3.05) is 0 Å². The minimum Gasteiger partial charge on any atom is -0.480 e. The molecule has 4 atom stereocenters. The Morgan fingerprint density at radius 2 is 1.85 bits per heavy atom. The Balaban J connectivity index is 1.73. The number of carbonyl (C=O) groups is 1. The van der Waals surface area contributed by atoms with E-state index in [4.69, 9.17) is 0 Å². The van der Waals surface area contributed by atoms with Crippen molar-refractivity contribution in [3.05, 3.63) is 0 Å². The molecular formula is C17H29NO2. The fraction of sp³-hybridized carbons (Fsp3) is 0.941. The predicted octanol–water partition coefficient (Wildman–Crippen LogP) is 3.67. The van der Waals surface area contributed by atoms with Crippen LogP contribution in [0.25, 0.3) is 0 Å². The second-order valence-electron chi connectivity index (χ2n) is 7.37. The molecule has 0 aromatic rings. The molecule has 0 aromatic carbocycles. The van der Waals surface area contributed by atoms with Gasteiger partial charge in [-0.15, -0.1) is 0 Å². The van der Waals surface area contributed by atoms with Crippen LogP contribution in [0, 0.1) is 11.8 Å². The molecule has 3 aliphatic rings. The van der Waals surface area contributed by atoms with Gasteiger partial charge in [0, 0.05) is 12.1 Å². The van der Waals surface area contributed by atoms with E-state index in [1.54, 1.807) is 0 Å². The van der Waals surface area contributed by atoms with Crippen LogP contribution in [0.15, 0.2) is 0 Å². The van der Waals surface area contributed by atoms with Crippen molar-refractivity contribution >= 4 is 5.97 Å². The molecule has 4 unspecified atom stereocenters. The summed E-state index contributed by atoms with van der Waals surface area (Å²) < 4.78 is 0. The van der Waals surface area contributed by atoms with Crippen molar-refractivity contribution in [3.8, 4) is 0 Å². The minimum atomic E-state index is -0.588. The van der Waals surface area contributed by atoms with Gasteiger partial charge in [-0.25, -0.2) is 0 Å². The molecule has 0 amide bonds. The average Bonchev–Trinajstić information content (AvgIpc) is 2.41. The van der Waals surface area contributed by atoms with Crippen molar-refractivity contribution in [3.63, 3.8) is 0 Å². The molecular weight excluding hydrogens is 250 g/mol. The van der Waals surface area contributed by atoms with Crippen LogP contribution in [0.5, 0.6) is 0 Å². The van der Waals surface area contributed by atoms with Crippen molar-refractivity contribution < 1.29 is 9.90 Å². The molecule has 2 aliphatic carbocycles.